The molecule has 0 saturated heterocycles. The van der Waals surface area contributed by atoms with Crippen LogP contribution in [0.15, 0.2) is 44.3 Å². The van der Waals surface area contributed by atoms with Gasteiger partial charge in [-0.3, -0.25) is 24.3 Å². The zero-order chi connectivity index (χ0) is 26.1. The summed E-state index contributed by atoms with van der Waals surface area (Å²) in [5, 5.41) is 3.65. The van der Waals surface area contributed by atoms with E-state index in [-0.39, 0.29) is 17.4 Å². The van der Waals surface area contributed by atoms with Gasteiger partial charge in [-0.2, -0.15) is 0 Å². The van der Waals surface area contributed by atoms with Crippen LogP contribution in [-0.2, 0) is 17.7 Å². The molecule has 1 aliphatic heterocycles. The minimum atomic E-state index is -1.06. The Bertz CT molecular complexity index is 1530. The summed E-state index contributed by atoms with van der Waals surface area (Å²) in [6.07, 6.45) is 7.15. The Morgan fingerprint density at radius 2 is 2.03 bits per heavy atom. The van der Waals surface area contributed by atoms with Crippen LogP contribution in [0.25, 0.3) is 6.20 Å². The average Bonchev–Trinajstić information content (AvgIpc) is 3.75. The van der Waals surface area contributed by atoms with Crippen LogP contribution in [0.1, 0.15) is 68.2 Å². The number of nitrogens with zero attached hydrogens (tertiary/aromatic N) is 7. The van der Waals surface area contributed by atoms with E-state index < -0.39 is 11.2 Å². The van der Waals surface area contributed by atoms with Gasteiger partial charge in [0.15, 0.2) is 16.2 Å². The number of aliphatic imine (C=N–C) groups is 1. The molecular formula is C26H30N8O2S. The highest BCUT2D eigenvalue weighted by atomic mass is 32.2. The number of hydrogen-bond acceptors (Lipinski definition) is 9. The predicted molar refractivity (Wildman–Crippen MR) is 143 cm³/mol. The highest BCUT2D eigenvalue weighted by Gasteiger charge is 2.30. The summed E-state index contributed by atoms with van der Waals surface area (Å²) in [5.74, 6) is 1.19. The molecular weight excluding hydrogens is 488 g/mol. The summed E-state index contributed by atoms with van der Waals surface area (Å²) < 4.78 is 13.6. The van der Waals surface area contributed by atoms with E-state index in [1.54, 1.807) is 35.4 Å². The van der Waals surface area contributed by atoms with Crippen LogP contribution in [0.5, 0.6) is 0 Å². The topological polar surface area (TPSA) is 133 Å². The molecule has 10 nitrogen and oxygen atoms in total. The van der Waals surface area contributed by atoms with E-state index in [9.17, 15) is 9.35 Å². The molecule has 1 unspecified atom stereocenters. The third-order valence-electron chi connectivity index (χ3n) is 6.43. The van der Waals surface area contributed by atoms with Gasteiger partial charge in [-0.1, -0.05) is 0 Å². The van der Waals surface area contributed by atoms with Crippen molar-refractivity contribution >= 4 is 28.9 Å². The molecule has 0 aromatic carbocycles. The van der Waals surface area contributed by atoms with E-state index in [0.717, 1.165) is 35.5 Å². The van der Waals surface area contributed by atoms with Gasteiger partial charge in [0.2, 0.25) is 0 Å². The van der Waals surface area contributed by atoms with E-state index >= 15 is 0 Å². The molecule has 0 amide bonds. The van der Waals surface area contributed by atoms with E-state index in [0.29, 0.717) is 46.2 Å². The fourth-order valence-corrected chi connectivity index (χ4v) is 5.09. The number of aryl methyl sites for hydroxylation is 1. The largest absolute Gasteiger partial charge is 0.611 e. The first-order valence-electron chi connectivity index (χ1n) is 12.5. The van der Waals surface area contributed by atoms with Crippen LogP contribution in [-0.4, -0.2) is 47.1 Å². The predicted octanol–water partition coefficient (Wildman–Crippen LogP) is 1.80. The number of aromatic nitrogens is 5. The number of nitrogens with one attached hydrogen (secondary N) is 1. The van der Waals surface area contributed by atoms with Crippen molar-refractivity contribution in [2.75, 3.05) is 17.6 Å². The standard InChI is InChI=1S/C26H30N8O2S/c1-5-37(36)19-9-8-18(27-11-19)10-29-24-26(35)34(15(2)3)25-21(33-24)13-28-20(12-30-25)22-16(4)31-14-32-23(22)17-6-7-17/h8-9,11,13-15,17H,5-7,10,12H2,1-4H3,(H,29,33). The van der Waals surface area contributed by atoms with Crippen LogP contribution >= 0.6 is 0 Å². The number of anilines is 1. The zero-order valence-corrected chi connectivity index (χ0v) is 22.2. The molecule has 4 heterocycles. The van der Waals surface area contributed by atoms with Crippen molar-refractivity contribution in [2.45, 2.75) is 63.9 Å². The lowest BCUT2D eigenvalue weighted by molar-refractivity contribution is 0.542. The first-order valence-corrected chi connectivity index (χ1v) is 13.8. The first-order chi connectivity index (χ1) is 17.9. The average molecular weight is 519 g/mol. The van der Waals surface area contributed by atoms with Crippen molar-refractivity contribution in [2.24, 2.45) is 9.98 Å². The van der Waals surface area contributed by atoms with E-state index in [2.05, 4.69) is 25.3 Å². The lowest BCUT2D eigenvalue weighted by Crippen LogP contribution is -2.47. The monoisotopic (exact) mass is 518 g/mol. The normalized spacial score (nSPS) is 15.8. The minimum Gasteiger partial charge on any atom is -0.611 e. The fraction of sp³-hybridized carbons (Fsp3) is 0.423. The number of fused-ring (bicyclic) bond motifs is 1. The second-order valence-corrected chi connectivity index (χ2v) is 11.2. The number of hydrogen-bond donors (Lipinski definition) is 1. The van der Waals surface area contributed by atoms with Gasteiger partial charge in [-0.15, -0.1) is 0 Å². The van der Waals surface area contributed by atoms with E-state index in [4.69, 9.17) is 9.98 Å². The molecule has 2 aliphatic rings. The van der Waals surface area contributed by atoms with Crippen LogP contribution < -0.4 is 21.7 Å². The molecule has 37 heavy (non-hydrogen) atoms. The molecule has 0 radical (unpaired) electrons. The summed E-state index contributed by atoms with van der Waals surface area (Å²) in [7, 11) is 0. The maximum atomic E-state index is 13.4. The second-order valence-electron chi connectivity index (χ2n) is 9.43. The van der Waals surface area contributed by atoms with Gasteiger partial charge in [0, 0.05) is 17.5 Å². The Balaban J connectivity index is 1.50. The Morgan fingerprint density at radius 1 is 1.22 bits per heavy atom. The lowest BCUT2D eigenvalue weighted by atomic mass is 10.0. The molecule has 1 N–H and O–H groups in total. The molecule has 192 valence electrons. The second kappa shape index (κ2) is 10.5. The summed E-state index contributed by atoms with van der Waals surface area (Å²) in [5.41, 5.74) is 4.61. The van der Waals surface area contributed by atoms with Gasteiger partial charge < -0.3 is 9.87 Å². The molecule has 1 atom stereocenters. The van der Waals surface area contributed by atoms with Crippen molar-refractivity contribution in [1.82, 2.24) is 24.5 Å². The summed E-state index contributed by atoms with van der Waals surface area (Å²) in [6.45, 7) is 8.34. The molecule has 3 aromatic heterocycles. The van der Waals surface area contributed by atoms with Gasteiger partial charge in [-0.05, 0) is 63.8 Å². The van der Waals surface area contributed by atoms with Crippen LogP contribution in [0.2, 0.25) is 0 Å². The quantitative estimate of drug-likeness (QED) is 0.450. The molecule has 5 rings (SSSR count). The Kier molecular flexibility index (Phi) is 7.16. The van der Waals surface area contributed by atoms with Crippen molar-refractivity contribution < 1.29 is 4.55 Å². The van der Waals surface area contributed by atoms with Gasteiger partial charge in [-0.25, -0.2) is 15.0 Å². The molecule has 0 spiro atoms. The third-order valence-corrected chi connectivity index (χ3v) is 7.72. The summed E-state index contributed by atoms with van der Waals surface area (Å²) in [4.78, 5) is 41.6. The summed E-state index contributed by atoms with van der Waals surface area (Å²) >= 11 is -1.06. The SMILES string of the molecule is CC[S+]([O-])c1ccc(CNc2nc3c(n(C(C)C)c2=O)=NCC(c2c(C)ncnc2C2CC2)=NC=3)nc1. The van der Waals surface area contributed by atoms with Crippen molar-refractivity contribution in [3.05, 3.63) is 68.5 Å². The highest BCUT2D eigenvalue weighted by Crippen LogP contribution is 2.41. The molecule has 0 bridgehead atoms. The molecule has 1 fully saturated rings. The maximum Gasteiger partial charge on any atom is 0.295 e. The number of pyridine rings is 1. The molecule has 3 aromatic rings. The van der Waals surface area contributed by atoms with E-state index in [1.807, 2.05) is 27.7 Å². The molecule has 11 heteroatoms. The van der Waals surface area contributed by atoms with Crippen molar-refractivity contribution in [3.8, 4) is 0 Å². The van der Waals surface area contributed by atoms with Gasteiger partial charge in [0.05, 0.1) is 48.3 Å². The Hall–Kier alpha value is -3.44. The smallest absolute Gasteiger partial charge is 0.295 e. The minimum absolute atomic E-state index is 0.131. The van der Waals surface area contributed by atoms with Gasteiger partial charge in [0.1, 0.15) is 17.4 Å². The van der Waals surface area contributed by atoms with Crippen LogP contribution in [0, 0.1) is 6.92 Å². The highest BCUT2D eigenvalue weighted by molar-refractivity contribution is 7.91. The van der Waals surface area contributed by atoms with E-state index in [1.165, 1.54) is 0 Å². The first kappa shape index (κ1) is 25.2. The van der Waals surface area contributed by atoms with Gasteiger partial charge in [0.25, 0.3) is 5.56 Å². The third kappa shape index (κ3) is 5.19. The zero-order valence-electron chi connectivity index (χ0n) is 21.4. The maximum absolute atomic E-state index is 13.4. The molecule has 1 aliphatic carbocycles. The lowest BCUT2D eigenvalue weighted by Gasteiger charge is -2.13. The van der Waals surface area contributed by atoms with Crippen LogP contribution in [0.3, 0.4) is 0 Å². The van der Waals surface area contributed by atoms with Crippen molar-refractivity contribution in [1.29, 1.82) is 0 Å². The summed E-state index contributed by atoms with van der Waals surface area (Å²) in [6, 6.07) is 3.47. The Labute approximate surface area is 217 Å². The number of rotatable bonds is 8. The Morgan fingerprint density at radius 3 is 2.70 bits per heavy atom. The van der Waals surface area contributed by atoms with Crippen LogP contribution in [0.4, 0.5) is 5.82 Å². The van der Waals surface area contributed by atoms with Crippen molar-refractivity contribution in [3.63, 3.8) is 0 Å². The van der Waals surface area contributed by atoms with Gasteiger partial charge >= 0.3 is 0 Å². The fourth-order valence-electron chi connectivity index (χ4n) is 4.37. The molecule has 1 saturated carbocycles.